The quantitative estimate of drug-likeness (QED) is 0.443. The monoisotopic (exact) mass is 391 g/mol. The number of amides is 1. The molecule has 8 heteroatoms. The Morgan fingerprint density at radius 2 is 1.85 bits per heavy atom. The number of aryl methyl sites for hydroxylation is 3. The van der Waals surface area contributed by atoms with Gasteiger partial charge < -0.3 is 10.1 Å². The maximum atomic E-state index is 13.5. The molecule has 0 saturated carbocycles. The summed E-state index contributed by atoms with van der Waals surface area (Å²) in [5, 5.41) is 3.19. The second-order valence-corrected chi connectivity index (χ2v) is 6.81. The molecule has 0 saturated heterocycles. The average Bonchev–Trinajstić information content (AvgIpc) is 2.62. The second-order valence-electron chi connectivity index (χ2n) is 6.03. The van der Waals surface area contributed by atoms with Gasteiger partial charge in [0.05, 0.1) is 0 Å². The predicted molar refractivity (Wildman–Crippen MR) is 102 cm³/mol. The first-order chi connectivity index (χ1) is 12.8. The summed E-state index contributed by atoms with van der Waals surface area (Å²) < 4.78 is 18.5. The topological polar surface area (TPSA) is 81.2 Å². The largest absolute Gasteiger partial charge is 0.456 e. The van der Waals surface area contributed by atoms with Gasteiger partial charge >= 0.3 is 5.97 Å². The number of carbonyl (C=O) groups excluding carboxylic acids is 2. The van der Waals surface area contributed by atoms with Crippen molar-refractivity contribution in [1.29, 1.82) is 0 Å². The van der Waals surface area contributed by atoms with Crippen LogP contribution in [0.4, 0.5) is 10.1 Å². The number of aromatic nitrogens is 2. The van der Waals surface area contributed by atoms with Crippen LogP contribution < -0.4 is 5.32 Å². The summed E-state index contributed by atoms with van der Waals surface area (Å²) in [5.41, 5.74) is 3.37. The minimum absolute atomic E-state index is 0.121. The summed E-state index contributed by atoms with van der Waals surface area (Å²) in [6.45, 7) is 4.96. The predicted octanol–water partition coefficient (Wildman–Crippen LogP) is 3.38. The zero-order valence-electron chi connectivity index (χ0n) is 15.8. The lowest BCUT2D eigenvalue weighted by atomic mass is 10.1. The van der Waals surface area contributed by atoms with Gasteiger partial charge in [0, 0.05) is 23.5 Å². The van der Waals surface area contributed by atoms with E-state index < -0.39 is 24.3 Å². The standard InChI is InChI=1S/C19H22FN3O3S/c1-11-5-6-14(9-16(11)20)23-17(24)10-26-18(25)8-7-15-12(2)21-19(27-4)22-13(15)3/h5-6,9H,7-8,10H2,1-4H3,(H,23,24). The number of esters is 1. The number of hydrogen-bond acceptors (Lipinski definition) is 6. The number of hydrogen-bond donors (Lipinski definition) is 1. The van der Waals surface area contributed by atoms with Crippen LogP contribution in [0.2, 0.25) is 0 Å². The fraction of sp³-hybridized carbons (Fsp3) is 0.368. The number of halogens is 1. The van der Waals surface area contributed by atoms with Crippen LogP contribution in [-0.4, -0.2) is 34.7 Å². The Balaban J connectivity index is 1.82. The lowest BCUT2D eigenvalue weighted by molar-refractivity contribution is -0.147. The number of rotatable bonds is 7. The van der Waals surface area contributed by atoms with Crippen LogP contribution in [0.3, 0.4) is 0 Å². The molecule has 2 aromatic rings. The lowest BCUT2D eigenvalue weighted by Gasteiger charge is -2.10. The smallest absolute Gasteiger partial charge is 0.306 e. The first kappa shape index (κ1) is 20.8. The fourth-order valence-electron chi connectivity index (χ4n) is 2.47. The molecule has 0 atom stereocenters. The molecule has 1 heterocycles. The molecule has 0 aliphatic rings. The molecular weight excluding hydrogens is 369 g/mol. The minimum Gasteiger partial charge on any atom is -0.456 e. The van der Waals surface area contributed by atoms with Crippen molar-refractivity contribution in [1.82, 2.24) is 9.97 Å². The summed E-state index contributed by atoms with van der Waals surface area (Å²) in [4.78, 5) is 32.5. The second kappa shape index (κ2) is 9.45. The molecule has 0 aliphatic carbocycles. The zero-order valence-corrected chi connectivity index (χ0v) is 16.6. The summed E-state index contributed by atoms with van der Waals surface area (Å²) in [6.07, 6.45) is 2.47. The summed E-state index contributed by atoms with van der Waals surface area (Å²) >= 11 is 1.46. The molecule has 1 aromatic carbocycles. The van der Waals surface area contributed by atoms with Crippen LogP contribution in [-0.2, 0) is 20.7 Å². The molecule has 0 aliphatic heterocycles. The highest BCUT2D eigenvalue weighted by Crippen LogP contribution is 2.17. The lowest BCUT2D eigenvalue weighted by Crippen LogP contribution is -2.21. The Morgan fingerprint density at radius 1 is 1.19 bits per heavy atom. The van der Waals surface area contributed by atoms with E-state index in [0.717, 1.165) is 17.0 Å². The van der Waals surface area contributed by atoms with Gasteiger partial charge in [-0.05, 0) is 56.7 Å². The number of nitrogens with one attached hydrogen (secondary N) is 1. The Labute approximate surface area is 161 Å². The van der Waals surface area contributed by atoms with Crippen molar-refractivity contribution in [2.45, 2.75) is 38.8 Å². The third-order valence-corrected chi connectivity index (χ3v) is 4.53. The van der Waals surface area contributed by atoms with Crippen molar-refractivity contribution >= 4 is 29.3 Å². The van der Waals surface area contributed by atoms with E-state index in [0.29, 0.717) is 22.8 Å². The van der Waals surface area contributed by atoms with E-state index in [2.05, 4.69) is 15.3 Å². The average molecular weight is 391 g/mol. The number of nitrogens with zero attached hydrogens (tertiary/aromatic N) is 2. The number of thioether (sulfide) groups is 1. The molecule has 1 aromatic heterocycles. The first-order valence-corrected chi connectivity index (χ1v) is 9.62. The highest BCUT2D eigenvalue weighted by molar-refractivity contribution is 7.98. The van der Waals surface area contributed by atoms with Gasteiger partial charge in [-0.25, -0.2) is 14.4 Å². The fourth-order valence-corrected chi connectivity index (χ4v) is 2.93. The van der Waals surface area contributed by atoms with Gasteiger partial charge in [0.2, 0.25) is 0 Å². The van der Waals surface area contributed by atoms with Gasteiger partial charge in [0.25, 0.3) is 5.91 Å². The van der Waals surface area contributed by atoms with Crippen molar-refractivity contribution in [3.63, 3.8) is 0 Å². The summed E-state index contributed by atoms with van der Waals surface area (Å²) in [6, 6.07) is 4.37. The SMILES string of the molecule is CSc1nc(C)c(CCC(=O)OCC(=O)Nc2ccc(C)c(F)c2)c(C)n1. The van der Waals surface area contributed by atoms with Crippen molar-refractivity contribution in [3.8, 4) is 0 Å². The van der Waals surface area contributed by atoms with Crippen LogP contribution in [0.25, 0.3) is 0 Å². The highest BCUT2D eigenvalue weighted by Gasteiger charge is 2.13. The van der Waals surface area contributed by atoms with Crippen molar-refractivity contribution in [3.05, 3.63) is 46.5 Å². The van der Waals surface area contributed by atoms with E-state index >= 15 is 0 Å². The van der Waals surface area contributed by atoms with Gasteiger partial charge in [-0.1, -0.05) is 17.8 Å². The summed E-state index contributed by atoms with van der Waals surface area (Å²) in [7, 11) is 0. The molecule has 144 valence electrons. The maximum absolute atomic E-state index is 13.5. The molecular formula is C19H22FN3O3S. The van der Waals surface area contributed by atoms with Crippen molar-refractivity contribution in [2.24, 2.45) is 0 Å². The Bertz CT molecular complexity index is 835. The van der Waals surface area contributed by atoms with E-state index in [1.54, 1.807) is 19.1 Å². The molecule has 6 nitrogen and oxygen atoms in total. The molecule has 0 unspecified atom stereocenters. The molecule has 27 heavy (non-hydrogen) atoms. The van der Waals surface area contributed by atoms with Crippen molar-refractivity contribution < 1.29 is 18.7 Å². The molecule has 0 bridgehead atoms. The van der Waals surface area contributed by atoms with E-state index in [1.807, 2.05) is 20.1 Å². The molecule has 1 amide bonds. The minimum atomic E-state index is -0.522. The summed E-state index contributed by atoms with van der Waals surface area (Å²) in [5.74, 6) is -1.43. The van der Waals surface area contributed by atoms with Gasteiger partial charge in [-0.3, -0.25) is 9.59 Å². The number of ether oxygens (including phenoxy) is 1. The Morgan fingerprint density at radius 3 is 2.44 bits per heavy atom. The third kappa shape index (κ3) is 6.02. The molecule has 0 radical (unpaired) electrons. The van der Waals surface area contributed by atoms with Crippen molar-refractivity contribution in [2.75, 3.05) is 18.2 Å². The Hall–Kier alpha value is -2.48. The molecule has 0 spiro atoms. The van der Waals surface area contributed by atoms with Crippen LogP contribution >= 0.6 is 11.8 Å². The first-order valence-electron chi connectivity index (χ1n) is 8.40. The van der Waals surface area contributed by atoms with E-state index in [9.17, 15) is 14.0 Å². The number of carbonyl (C=O) groups is 2. The van der Waals surface area contributed by atoms with Crippen LogP contribution in [0, 0.1) is 26.6 Å². The maximum Gasteiger partial charge on any atom is 0.306 e. The molecule has 0 fully saturated rings. The third-order valence-electron chi connectivity index (χ3n) is 3.98. The Kier molecular flexibility index (Phi) is 7.29. The molecule has 1 N–H and O–H groups in total. The van der Waals surface area contributed by atoms with Crippen LogP contribution in [0.5, 0.6) is 0 Å². The van der Waals surface area contributed by atoms with Crippen LogP contribution in [0.1, 0.15) is 28.9 Å². The number of benzene rings is 1. The zero-order chi connectivity index (χ0) is 20.0. The van der Waals surface area contributed by atoms with E-state index in [4.69, 9.17) is 4.74 Å². The van der Waals surface area contributed by atoms with E-state index in [1.165, 1.54) is 17.8 Å². The normalized spacial score (nSPS) is 10.6. The van der Waals surface area contributed by atoms with Crippen LogP contribution in [0.15, 0.2) is 23.4 Å². The van der Waals surface area contributed by atoms with Gasteiger partial charge in [0.1, 0.15) is 5.82 Å². The molecule has 2 rings (SSSR count). The van der Waals surface area contributed by atoms with Gasteiger partial charge in [-0.2, -0.15) is 0 Å². The van der Waals surface area contributed by atoms with E-state index in [-0.39, 0.29) is 6.42 Å². The van der Waals surface area contributed by atoms with Gasteiger partial charge in [0.15, 0.2) is 11.8 Å². The van der Waals surface area contributed by atoms with Gasteiger partial charge in [-0.15, -0.1) is 0 Å². The highest BCUT2D eigenvalue weighted by atomic mass is 32.2. The number of anilines is 1.